The number of hydrogen-bond acceptors (Lipinski definition) is 3. The molecule has 0 heterocycles. The molecular weight excluding hydrogens is 230 g/mol. The van der Waals surface area contributed by atoms with E-state index in [2.05, 4.69) is 0 Å². The number of nitrogens with zero attached hydrogens (tertiary/aromatic N) is 1. The Morgan fingerprint density at radius 1 is 1.39 bits per heavy atom. The van der Waals surface area contributed by atoms with E-state index in [1.807, 2.05) is 30.3 Å². The summed E-state index contributed by atoms with van der Waals surface area (Å²) in [4.78, 5) is 13.2. The number of likely N-dealkylation sites (N-methyl/N-ethyl adjacent to an activating group) is 1. The van der Waals surface area contributed by atoms with Gasteiger partial charge >= 0.3 is 6.09 Å². The molecule has 0 spiro atoms. The van der Waals surface area contributed by atoms with Crippen LogP contribution in [0, 0.1) is 0 Å². The number of rotatable bonds is 4. The van der Waals surface area contributed by atoms with E-state index in [1.54, 1.807) is 7.05 Å². The lowest BCUT2D eigenvalue weighted by Crippen LogP contribution is -2.48. The minimum Gasteiger partial charge on any atom is -0.445 e. The highest BCUT2D eigenvalue weighted by molar-refractivity contribution is 5.67. The van der Waals surface area contributed by atoms with Gasteiger partial charge in [-0.25, -0.2) is 4.79 Å². The standard InChI is InChI=1S/C14H19NO3/c1-15(11-14(17)8-5-9-14)13(16)18-10-12-6-3-2-4-7-12/h2-4,6-7,17H,5,8-11H2,1H3. The van der Waals surface area contributed by atoms with Gasteiger partial charge in [0.1, 0.15) is 6.61 Å². The second-order valence-electron chi connectivity index (χ2n) is 4.97. The van der Waals surface area contributed by atoms with Gasteiger partial charge in [0.25, 0.3) is 0 Å². The highest BCUT2D eigenvalue weighted by atomic mass is 16.6. The van der Waals surface area contributed by atoms with Crippen LogP contribution >= 0.6 is 0 Å². The molecule has 0 aromatic heterocycles. The van der Waals surface area contributed by atoms with E-state index in [0.717, 1.165) is 24.8 Å². The third kappa shape index (κ3) is 3.23. The number of carbonyl (C=O) groups is 1. The molecule has 0 saturated heterocycles. The first-order valence-electron chi connectivity index (χ1n) is 6.23. The Morgan fingerprint density at radius 3 is 2.61 bits per heavy atom. The van der Waals surface area contributed by atoms with Crippen molar-refractivity contribution in [2.75, 3.05) is 13.6 Å². The molecule has 0 radical (unpaired) electrons. The lowest BCUT2D eigenvalue weighted by molar-refractivity contribution is -0.0530. The molecule has 0 bridgehead atoms. The van der Waals surface area contributed by atoms with Gasteiger partial charge in [0.15, 0.2) is 0 Å². The fourth-order valence-corrected chi connectivity index (χ4v) is 2.08. The highest BCUT2D eigenvalue weighted by Gasteiger charge is 2.36. The van der Waals surface area contributed by atoms with Crippen LogP contribution in [0.5, 0.6) is 0 Å². The van der Waals surface area contributed by atoms with Gasteiger partial charge in [-0.05, 0) is 24.8 Å². The predicted octanol–water partition coefficient (Wildman–Crippen LogP) is 2.17. The molecule has 1 aliphatic rings. The summed E-state index contributed by atoms with van der Waals surface area (Å²) in [5.41, 5.74) is 0.266. The van der Waals surface area contributed by atoms with Crippen molar-refractivity contribution < 1.29 is 14.6 Å². The summed E-state index contributed by atoms with van der Waals surface area (Å²) in [5, 5.41) is 9.97. The molecule has 1 aromatic carbocycles. The Morgan fingerprint density at radius 2 is 2.06 bits per heavy atom. The molecule has 1 aliphatic carbocycles. The monoisotopic (exact) mass is 249 g/mol. The lowest BCUT2D eigenvalue weighted by Gasteiger charge is -2.39. The van der Waals surface area contributed by atoms with Crippen LogP contribution in [-0.2, 0) is 11.3 Å². The van der Waals surface area contributed by atoms with Crippen molar-refractivity contribution in [3.05, 3.63) is 35.9 Å². The molecule has 1 amide bonds. The Labute approximate surface area is 107 Å². The fraction of sp³-hybridized carbons (Fsp3) is 0.500. The van der Waals surface area contributed by atoms with Crippen molar-refractivity contribution >= 4 is 6.09 Å². The van der Waals surface area contributed by atoms with Gasteiger partial charge < -0.3 is 14.7 Å². The summed E-state index contributed by atoms with van der Waals surface area (Å²) in [7, 11) is 1.66. The smallest absolute Gasteiger partial charge is 0.409 e. The van der Waals surface area contributed by atoms with Crippen molar-refractivity contribution in [3.8, 4) is 0 Å². The van der Waals surface area contributed by atoms with E-state index >= 15 is 0 Å². The van der Waals surface area contributed by atoms with Crippen LogP contribution in [0.2, 0.25) is 0 Å². The summed E-state index contributed by atoms with van der Waals surface area (Å²) in [6.07, 6.45) is 2.18. The fourth-order valence-electron chi connectivity index (χ4n) is 2.08. The average Bonchev–Trinajstić information content (AvgIpc) is 2.35. The van der Waals surface area contributed by atoms with E-state index in [9.17, 15) is 9.90 Å². The van der Waals surface area contributed by atoms with Crippen LogP contribution in [0.15, 0.2) is 30.3 Å². The maximum atomic E-state index is 11.7. The van der Waals surface area contributed by atoms with E-state index in [4.69, 9.17) is 4.74 Å². The van der Waals surface area contributed by atoms with Gasteiger partial charge in [-0.3, -0.25) is 0 Å². The first-order chi connectivity index (χ1) is 8.59. The summed E-state index contributed by atoms with van der Waals surface area (Å²) < 4.78 is 5.18. The number of hydrogen-bond donors (Lipinski definition) is 1. The molecular formula is C14H19NO3. The van der Waals surface area contributed by atoms with E-state index < -0.39 is 5.60 Å². The maximum Gasteiger partial charge on any atom is 0.409 e. The minimum absolute atomic E-state index is 0.266. The molecule has 1 saturated carbocycles. The third-order valence-corrected chi connectivity index (χ3v) is 3.33. The van der Waals surface area contributed by atoms with E-state index in [1.165, 1.54) is 4.90 Å². The molecule has 98 valence electrons. The van der Waals surface area contributed by atoms with Crippen molar-refractivity contribution in [1.29, 1.82) is 0 Å². The second-order valence-corrected chi connectivity index (χ2v) is 4.97. The second kappa shape index (κ2) is 5.40. The Hall–Kier alpha value is -1.55. The molecule has 1 N–H and O–H groups in total. The van der Waals surface area contributed by atoms with E-state index in [0.29, 0.717) is 6.54 Å². The van der Waals surface area contributed by atoms with Gasteiger partial charge in [-0.2, -0.15) is 0 Å². The number of ether oxygens (including phenoxy) is 1. The van der Waals surface area contributed by atoms with Crippen molar-refractivity contribution in [3.63, 3.8) is 0 Å². The van der Waals surface area contributed by atoms with Crippen LogP contribution in [0.4, 0.5) is 4.79 Å². The van der Waals surface area contributed by atoms with Gasteiger partial charge in [0, 0.05) is 7.05 Å². The molecule has 2 rings (SSSR count). The molecule has 0 aliphatic heterocycles. The summed E-state index contributed by atoms with van der Waals surface area (Å²) in [6.45, 7) is 0.614. The largest absolute Gasteiger partial charge is 0.445 e. The van der Waals surface area contributed by atoms with Gasteiger partial charge in [0.2, 0.25) is 0 Å². The molecule has 1 fully saturated rings. The van der Waals surface area contributed by atoms with Crippen molar-refractivity contribution in [2.24, 2.45) is 0 Å². The molecule has 1 aromatic rings. The minimum atomic E-state index is -0.694. The molecule has 0 unspecified atom stereocenters. The lowest BCUT2D eigenvalue weighted by atomic mass is 9.80. The van der Waals surface area contributed by atoms with Crippen LogP contribution in [-0.4, -0.2) is 35.3 Å². The Bertz CT molecular complexity index is 401. The molecule has 4 heteroatoms. The zero-order valence-electron chi connectivity index (χ0n) is 10.6. The van der Waals surface area contributed by atoms with Crippen LogP contribution in [0.3, 0.4) is 0 Å². The Balaban J connectivity index is 1.77. The predicted molar refractivity (Wildman–Crippen MR) is 68.1 cm³/mol. The van der Waals surface area contributed by atoms with Gasteiger partial charge in [0.05, 0.1) is 12.1 Å². The zero-order valence-corrected chi connectivity index (χ0v) is 10.6. The van der Waals surface area contributed by atoms with E-state index in [-0.39, 0.29) is 12.7 Å². The molecule has 4 nitrogen and oxygen atoms in total. The zero-order chi connectivity index (χ0) is 13.0. The first kappa shape index (κ1) is 12.9. The molecule has 18 heavy (non-hydrogen) atoms. The van der Waals surface area contributed by atoms with Crippen LogP contribution in [0.25, 0.3) is 0 Å². The summed E-state index contributed by atoms with van der Waals surface area (Å²) in [6, 6.07) is 9.55. The number of amides is 1. The summed E-state index contributed by atoms with van der Waals surface area (Å²) in [5.74, 6) is 0. The average molecular weight is 249 g/mol. The van der Waals surface area contributed by atoms with Crippen LogP contribution < -0.4 is 0 Å². The maximum absolute atomic E-state index is 11.7. The van der Waals surface area contributed by atoms with Gasteiger partial charge in [-0.15, -0.1) is 0 Å². The van der Waals surface area contributed by atoms with Gasteiger partial charge in [-0.1, -0.05) is 30.3 Å². The number of carbonyl (C=O) groups excluding carboxylic acids is 1. The topological polar surface area (TPSA) is 49.8 Å². The normalized spacial score (nSPS) is 16.8. The first-order valence-corrected chi connectivity index (χ1v) is 6.23. The Kier molecular flexibility index (Phi) is 3.87. The van der Waals surface area contributed by atoms with Crippen molar-refractivity contribution in [2.45, 2.75) is 31.5 Å². The quantitative estimate of drug-likeness (QED) is 0.889. The summed E-state index contributed by atoms with van der Waals surface area (Å²) >= 11 is 0. The van der Waals surface area contributed by atoms with Crippen molar-refractivity contribution in [1.82, 2.24) is 4.90 Å². The highest BCUT2D eigenvalue weighted by Crippen LogP contribution is 2.32. The SMILES string of the molecule is CN(CC1(O)CCC1)C(=O)OCc1ccccc1. The van der Waals surface area contributed by atoms with Crippen LogP contribution in [0.1, 0.15) is 24.8 Å². The third-order valence-electron chi connectivity index (χ3n) is 3.33. The number of benzene rings is 1. The molecule has 0 atom stereocenters. The number of aliphatic hydroxyl groups is 1.